The van der Waals surface area contributed by atoms with Crippen molar-refractivity contribution in [1.82, 2.24) is 0 Å². The molecule has 0 amide bonds. The van der Waals surface area contributed by atoms with Crippen LogP contribution in [0.3, 0.4) is 0 Å². The van der Waals surface area contributed by atoms with Gasteiger partial charge in [-0.25, -0.2) is 9.59 Å². The number of carbonyl (C=O) groups excluding carboxylic acids is 2. The minimum Gasteiger partial charge on any atom is -0.506 e. The van der Waals surface area contributed by atoms with Gasteiger partial charge in [0.1, 0.15) is 10.6 Å². The Bertz CT molecular complexity index is 665. The third kappa shape index (κ3) is 4.28. The van der Waals surface area contributed by atoms with Gasteiger partial charge in [0, 0.05) is 5.56 Å². The number of ether oxygens (including phenoxy) is 2. The van der Waals surface area contributed by atoms with E-state index >= 15 is 0 Å². The van der Waals surface area contributed by atoms with Crippen molar-refractivity contribution in [2.75, 3.05) is 0 Å². The summed E-state index contributed by atoms with van der Waals surface area (Å²) in [5.41, 5.74) is -2.01. The molecule has 6 heteroatoms. The molecule has 0 radical (unpaired) electrons. The first kappa shape index (κ1) is 18.6. The van der Waals surface area contributed by atoms with Gasteiger partial charge in [-0.1, -0.05) is 11.8 Å². The molecule has 1 heterocycles. The molecule has 1 N–H and O–H groups in total. The average molecular weight is 334 g/mol. The molecule has 1 rings (SSSR count). The van der Waals surface area contributed by atoms with Gasteiger partial charge in [0.2, 0.25) is 0 Å². The quantitative estimate of drug-likeness (QED) is 0.677. The SMILES string of the molecule is C#CC(C)(C)OC(=O)c1sc(C(=O)OC(C)(C)C#C)c(O)c1C. The van der Waals surface area contributed by atoms with Gasteiger partial charge in [-0.2, -0.15) is 0 Å². The molecule has 0 saturated heterocycles. The van der Waals surface area contributed by atoms with Crippen LogP contribution in [0, 0.1) is 31.6 Å². The van der Waals surface area contributed by atoms with Crippen LogP contribution in [0.5, 0.6) is 5.75 Å². The van der Waals surface area contributed by atoms with Crippen LogP contribution in [0.15, 0.2) is 0 Å². The van der Waals surface area contributed by atoms with Gasteiger partial charge in [-0.05, 0) is 34.6 Å². The van der Waals surface area contributed by atoms with E-state index in [2.05, 4.69) is 11.8 Å². The first-order valence-corrected chi connectivity index (χ1v) is 7.50. The molecule has 0 unspecified atom stereocenters. The molecule has 1 aromatic heterocycles. The zero-order valence-corrected chi connectivity index (χ0v) is 14.5. The Morgan fingerprint density at radius 1 is 1.00 bits per heavy atom. The van der Waals surface area contributed by atoms with Crippen LogP contribution in [0.25, 0.3) is 0 Å². The summed E-state index contributed by atoms with van der Waals surface area (Å²) in [6.07, 6.45) is 10.5. The molecule has 1 aromatic rings. The molecule has 23 heavy (non-hydrogen) atoms. The van der Waals surface area contributed by atoms with Crippen LogP contribution in [-0.2, 0) is 9.47 Å². The number of hydrogen-bond donors (Lipinski definition) is 1. The number of terminal acetylenes is 2. The van der Waals surface area contributed by atoms with E-state index in [1.54, 1.807) is 13.8 Å². The summed E-state index contributed by atoms with van der Waals surface area (Å²) >= 11 is 0.768. The molecule has 122 valence electrons. The summed E-state index contributed by atoms with van der Waals surface area (Å²) in [5, 5.41) is 10.1. The van der Waals surface area contributed by atoms with E-state index in [0.29, 0.717) is 0 Å². The molecule has 0 spiro atoms. The van der Waals surface area contributed by atoms with Gasteiger partial charge >= 0.3 is 11.9 Å². The monoisotopic (exact) mass is 334 g/mol. The molecule has 0 aliphatic rings. The van der Waals surface area contributed by atoms with Crippen molar-refractivity contribution in [2.45, 2.75) is 45.8 Å². The Morgan fingerprint density at radius 2 is 1.39 bits per heavy atom. The molecule has 0 aliphatic carbocycles. The van der Waals surface area contributed by atoms with Crippen molar-refractivity contribution in [3.63, 3.8) is 0 Å². The highest BCUT2D eigenvalue weighted by Crippen LogP contribution is 2.36. The lowest BCUT2D eigenvalue weighted by Gasteiger charge is -2.18. The standard InChI is InChI=1S/C17H18O5S/c1-8-16(4,5)21-14(19)12-10(3)11(18)13(23-12)15(20)22-17(6,7)9-2/h1-2,18H,3-7H3. The largest absolute Gasteiger partial charge is 0.506 e. The van der Waals surface area contributed by atoms with Gasteiger partial charge < -0.3 is 14.6 Å². The highest BCUT2D eigenvalue weighted by Gasteiger charge is 2.31. The molecule has 0 aromatic carbocycles. The number of thiophene rings is 1. The smallest absolute Gasteiger partial charge is 0.353 e. The zero-order chi connectivity index (χ0) is 18.0. The predicted octanol–water partition coefficient (Wildman–Crippen LogP) is 2.90. The number of hydrogen-bond acceptors (Lipinski definition) is 6. The first-order chi connectivity index (χ1) is 10.4. The summed E-state index contributed by atoms with van der Waals surface area (Å²) in [6, 6.07) is 0. The third-order valence-corrected chi connectivity index (χ3v) is 4.12. The minimum absolute atomic E-state index is 0.0799. The first-order valence-electron chi connectivity index (χ1n) is 6.68. The van der Waals surface area contributed by atoms with Crippen molar-refractivity contribution in [3.05, 3.63) is 15.3 Å². The van der Waals surface area contributed by atoms with E-state index in [1.165, 1.54) is 20.8 Å². The molecule has 0 bridgehead atoms. The summed E-state index contributed by atoms with van der Waals surface area (Å²) in [7, 11) is 0. The van der Waals surface area contributed by atoms with Gasteiger partial charge in [0.15, 0.2) is 16.1 Å². The molecule has 0 fully saturated rings. The van der Waals surface area contributed by atoms with Gasteiger partial charge in [0.25, 0.3) is 0 Å². The Labute approximate surface area is 139 Å². The molecule has 0 atom stereocenters. The second kappa shape index (κ2) is 6.36. The fourth-order valence-corrected chi connectivity index (χ4v) is 2.41. The molecule has 5 nitrogen and oxygen atoms in total. The summed E-state index contributed by atoms with van der Waals surface area (Å²) in [6.45, 7) is 7.67. The molecular formula is C17H18O5S. The van der Waals surface area contributed by atoms with Crippen LogP contribution < -0.4 is 0 Å². The summed E-state index contributed by atoms with van der Waals surface area (Å²) in [4.78, 5) is 24.2. The normalized spacial score (nSPS) is 11.3. The van der Waals surface area contributed by atoms with E-state index in [-0.39, 0.29) is 21.1 Å². The van der Waals surface area contributed by atoms with Gasteiger partial charge in [-0.15, -0.1) is 24.2 Å². The Kier molecular flexibility index (Phi) is 5.14. The second-order valence-corrected chi connectivity index (χ2v) is 6.84. The molecule has 0 aliphatic heterocycles. The van der Waals surface area contributed by atoms with E-state index in [9.17, 15) is 14.7 Å². The topological polar surface area (TPSA) is 72.8 Å². The van der Waals surface area contributed by atoms with Crippen molar-refractivity contribution >= 4 is 23.3 Å². The van der Waals surface area contributed by atoms with Crippen LogP contribution in [0.4, 0.5) is 0 Å². The van der Waals surface area contributed by atoms with E-state index in [1.807, 2.05) is 0 Å². The predicted molar refractivity (Wildman–Crippen MR) is 87.4 cm³/mol. The van der Waals surface area contributed by atoms with Crippen LogP contribution >= 0.6 is 11.3 Å². The van der Waals surface area contributed by atoms with Crippen molar-refractivity contribution in [2.24, 2.45) is 0 Å². The maximum absolute atomic E-state index is 12.2. The van der Waals surface area contributed by atoms with E-state index < -0.39 is 23.1 Å². The van der Waals surface area contributed by atoms with Crippen LogP contribution in [0.2, 0.25) is 0 Å². The summed E-state index contributed by atoms with van der Waals surface area (Å²) in [5.74, 6) is 2.77. The number of carbonyl (C=O) groups is 2. The Hall–Kier alpha value is -2.44. The molecule has 0 saturated carbocycles. The lowest BCUT2D eigenvalue weighted by atomic mass is 10.1. The second-order valence-electron chi connectivity index (χ2n) is 5.82. The van der Waals surface area contributed by atoms with Crippen LogP contribution in [0.1, 0.15) is 52.6 Å². The lowest BCUT2D eigenvalue weighted by Crippen LogP contribution is -2.26. The van der Waals surface area contributed by atoms with Gasteiger partial charge in [0.05, 0.1) is 0 Å². The summed E-state index contributed by atoms with van der Waals surface area (Å²) < 4.78 is 10.3. The fraction of sp³-hybridized carbons (Fsp3) is 0.412. The third-order valence-electron chi connectivity index (χ3n) is 2.88. The number of rotatable bonds is 4. The van der Waals surface area contributed by atoms with Gasteiger partial charge in [-0.3, -0.25) is 0 Å². The van der Waals surface area contributed by atoms with Crippen molar-refractivity contribution < 1.29 is 24.2 Å². The van der Waals surface area contributed by atoms with Crippen LogP contribution in [-0.4, -0.2) is 28.2 Å². The van der Waals surface area contributed by atoms with Crippen molar-refractivity contribution in [1.29, 1.82) is 0 Å². The molecular weight excluding hydrogens is 316 g/mol. The lowest BCUT2D eigenvalue weighted by molar-refractivity contribution is 0.0198. The minimum atomic E-state index is -1.13. The maximum atomic E-state index is 12.2. The Balaban J connectivity index is 3.14. The average Bonchev–Trinajstić information content (AvgIpc) is 2.74. The zero-order valence-electron chi connectivity index (χ0n) is 13.6. The van der Waals surface area contributed by atoms with E-state index in [0.717, 1.165) is 11.3 Å². The highest BCUT2D eigenvalue weighted by molar-refractivity contribution is 7.16. The highest BCUT2D eigenvalue weighted by atomic mass is 32.1. The Morgan fingerprint density at radius 3 is 1.78 bits per heavy atom. The van der Waals surface area contributed by atoms with Crippen molar-refractivity contribution in [3.8, 4) is 30.4 Å². The van der Waals surface area contributed by atoms with E-state index in [4.69, 9.17) is 22.3 Å². The fourth-order valence-electron chi connectivity index (χ4n) is 1.45. The number of esters is 2. The maximum Gasteiger partial charge on any atom is 0.353 e. The number of aromatic hydroxyl groups is 1.